The Morgan fingerprint density at radius 2 is 1.91 bits per heavy atom. The van der Waals surface area contributed by atoms with Crippen molar-refractivity contribution in [2.24, 2.45) is 0 Å². The standard InChI is InChI=1S/C24H18ClFN4O2/c25-18-11-14(26)5-6-16(18)21-27-12-19-22(30-21)29-20(28-19)13-7-9-24(10-8-13)17-4-2-1-3-15(17)23(31)32-24/h1-6,11-13H,7-10H2,(H,27,28,29,30)/t13-,24-. The number of hydrogen-bond donors (Lipinski definition) is 1. The van der Waals surface area contributed by atoms with Crippen molar-refractivity contribution in [3.63, 3.8) is 0 Å². The third kappa shape index (κ3) is 2.99. The van der Waals surface area contributed by atoms with Crippen molar-refractivity contribution in [2.75, 3.05) is 0 Å². The van der Waals surface area contributed by atoms with Gasteiger partial charge >= 0.3 is 5.97 Å². The number of hydrogen-bond acceptors (Lipinski definition) is 5. The number of carbonyl (C=O) groups excluding carboxylic acids is 1. The van der Waals surface area contributed by atoms with Crippen LogP contribution in [0.2, 0.25) is 5.02 Å². The smallest absolute Gasteiger partial charge is 0.339 e. The summed E-state index contributed by atoms with van der Waals surface area (Å²) < 4.78 is 19.2. The van der Waals surface area contributed by atoms with Crippen LogP contribution in [0.1, 0.15) is 53.3 Å². The number of nitrogens with one attached hydrogen (secondary N) is 1. The summed E-state index contributed by atoms with van der Waals surface area (Å²) >= 11 is 6.16. The summed E-state index contributed by atoms with van der Waals surface area (Å²) in [6, 6.07) is 11.8. The Labute approximate surface area is 187 Å². The molecular formula is C24H18ClFN4O2. The first-order valence-corrected chi connectivity index (χ1v) is 10.9. The zero-order valence-electron chi connectivity index (χ0n) is 16.9. The van der Waals surface area contributed by atoms with Crippen LogP contribution in [0.3, 0.4) is 0 Å². The third-order valence-corrected chi connectivity index (χ3v) is 6.85. The lowest BCUT2D eigenvalue weighted by Gasteiger charge is -2.35. The van der Waals surface area contributed by atoms with Gasteiger partial charge in [-0.3, -0.25) is 0 Å². The van der Waals surface area contributed by atoms with E-state index in [9.17, 15) is 9.18 Å². The number of halogens is 2. The third-order valence-electron chi connectivity index (χ3n) is 6.54. The molecule has 2 aromatic heterocycles. The van der Waals surface area contributed by atoms with Gasteiger partial charge in [0.2, 0.25) is 0 Å². The van der Waals surface area contributed by atoms with E-state index in [4.69, 9.17) is 21.3 Å². The largest absolute Gasteiger partial charge is 0.451 e. The number of rotatable bonds is 2. The van der Waals surface area contributed by atoms with Gasteiger partial charge in [0.1, 0.15) is 22.8 Å². The predicted octanol–water partition coefficient (Wildman–Crippen LogP) is 5.54. The van der Waals surface area contributed by atoms with Crippen molar-refractivity contribution in [3.05, 3.63) is 76.5 Å². The maximum Gasteiger partial charge on any atom is 0.339 e. The Hall–Kier alpha value is -3.32. The van der Waals surface area contributed by atoms with Gasteiger partial charge < -0.3 is 9.72 Å². The van der Waals surface area contributed by atoms with Crippen LogP contribution in [0.15, 0.2) is 48.7 Å². The van der Waals surface area contributed by atoms with Crippen molar-refractivity contribution < 1.29 is 13.9 Å². The van der Waals surface area contributed by atoms with Crippen molar-refractivity contribution in [3.8, 4) is 11.4 Å². The number of carbonyl (C=O) groups is 1. The number of nitrogens with zero attached hydrogens (tertiary/aromatic N) is 3. The number of aromatic nitrogens is 4. The van der Waals surface area contributed by atoms with E-state index < -0.39 is 11.4 Å². The highest BCUT2D eigenvalue weighted by Gasteiger charge is 2.47. The zero-order valence-corrected chi connectivity index (χ0v) is 17.7. The molecule has 1 aliphatic carbocycles. The molecule has 2 aliphatic rings. The number of H-pyrrole nitrogens is 1. The Bertz CT molecular complexity index is 1380. The van der Waals surface area contributed by atoms with Gasteiger partial charge in [-0.2, -0.15) is 0 Å². The van der Waals surface area contributed by atoms with Gasteiger partial charge in [-0.1, -0.05) is 29.8 Å². The van der Waals surface area contributed by atoms with E-state index >= 15 is 0 Å². The van der Waals surface area contributed by atoms with Gasteiger partial charge in [0.05, 0.1) is 16.8 Å². The summed E-state index contributed by atoms with van der Waals surface area (Å²) in [7, 11) is 0. The molecule has 0 bridgehead atoms. The van der Waals surface area contributed by atoms with Crippen molar-refractivity contribution >= 4 is 28.7 Å². The Morgan fingerprint density at radius 3 is 2.72 bits per heavy atom. The van der Waals surface area contributed by atoms with Gasteiger partial charge in [-0.25, -0.2) is 24.1 Å². The number of fused-ring (bicyclic) bond motifs is 3. The molecule has 4 aromatic rings. The molecule has 0 atom stereocenters. The Morgan fingerprint density at radius 1 is 1.09 bits per heavy atom. The topological polar surface area (TPSA) is 80.8 Å². The van der Waals surface area contributed by atoms with E-state index in [1.807, 2.05) is 24.3 Å². The van der Waals surface area contributed by atoms with Crippen LogP contribution in [0, 0.1) is 5.82 Å². The molecule has 32 heavy (non-hydrogen) atoms. The lowest BCUT2D eigenvalue weighted by atomic mass is 9.75. The molecule has 160 valence electrons. The molecule has 1 aliphatic heterocycles. The zero-order chi connectivity index (χ0) is 21.9. The van der Waals surface area contributed by atoms with Gasteiger partial charge in [-0.05, 0) is 49.9 Å². The van der Waals surface area contributed by atoms with E-state index in [1.54, 1.807) is 12.3 Å². The van der Waals surface area contributed by atoms with Gasteiger partial charge in [0.15, 0.2) is 11.5 Å². The van der Waals surface area contributed by atoms with Crippen LogP contribution in [0.25, 0.3) is 22.6 Å². The molecular weight excluding hydrogens is 431 g/mol. The normalized spacial score (nSPS) is 22.3. The Balaban J connectivity index is 1.26. The molecule has 1 N–H and O–H groups in total. The van der Waals surface area contributed by atoms with Crippen LogP contribution in [0.5, 0.6) is 0 Å². The fourth-order valence-corrected chi connectivity index (χ4v) is 5.15. The van der Waals surface area contributed by atoms with Gasteiger partial charge in [-0.15, -0.1) is 0 Å². The highest BCUT2D eigenvalue weighted by atomic mass is 35.5. The monoisotopic (exact) mass is 448 g/mol. The van der Waals surface area contributed by atoms with Crippen molar-refractivity contribution in [1.82, 2.24) is 19.9 Å². The molecule has 0 amide bonds. The molecule has 0 radical (unpaired) electrons. The van der Waals surface area contributed by atoms with E-state index in [0.29, 0.717) is 22.6 Å². The number of ether oxygens (including phenoxy) is 1. The first-order valence-electron chi connectivity index (χ1n) is 10.5. The average molecular weight is 449 g/mol. The summed E-state index contributed by atoms with van der Waals surface area (Å²) in [5.74, 6) is 0.818. The number of benzene rings is 2. The highest BCUT2D eigenvalue weighted by molar-refractivity contribution is 6.33. The second kappa shape index (κ2) is 7.10. The van der Waals surface area contributed by atoms with Gasteiger partial charge in [0.25, 0.3) is 0 Å². The minimum absolute atomic E-state index is 0.208. The maximum absolute atomic E-state index is 13.4. The predicted molar refractivity (Wildman–Crippen MR) is 117 cm³/mol. The number of aromatic amines is 1. The summed E-state index contributed by atoms with van der Waals surface area (Å²) in [6.07, 6.45) is 4.85. The minimum Gasteiger partial charge on any atom is -0.451 e. The lowest BCUT2D eigenvalue weighted by molar-refractivity contribution is -0.0312. The van der Waals surface area contributed by atoms with Crippen LogP contribution < -0.4 is 0 Å². The SMILES string of the molecule is O=C1O[C@]2(CC[C@H](c3nc4nc(-c5ccc(F)cc5Cl)ncc4[nH]3)CC2)c2ccccc21. The lowest BCUT2D eigenvalue weighted by Crippen LogP contribution is -2.31. The molecule has 1 spiro atoms. The quantitative estimate of drug-likeness (QED) is 0.407. The summed E-state index contributed by atoms with van der Waals surface area (Å²) in [6.45, 7) is 0. The number of esters is 1. The molecule has 6 rings (SSSR count). The van der Waals surface area contributed by atoms with Crippen LogP contribution in [-0.2, 0) is 10.3 Å². The van der Waals surface area contributed by atoms with E-state index in [0.717, 1.165) is 42.6 Å². The van der Waals surface area contributed by atoms with Crippen LogP contribution in [0.4, 0.5) is 4.39 Å². The number of imidazole rings is 1. The second-order valence-corrected chi connectivity index (χ2v) is 8.79. The summed E-state index contributed by atoms with van der Waals surface area (Å²) in [4.78, 5) is 29.3. The van der Waals surface area contributed by atoms with Crippen molar-refractivity contribution in [1.29, 1.82) is 0 Å². The van der Waals surface area contributed by atoms with Crippen molar-refractivity contribution in [2.45, 2.75) is 37.2 Å². The van der Waals surface area contributed by atoms with Crippen LogP contribution >= 0.6 is 11.6 Å². The molecule has 1 fully saturated rings. The average Bonchev–Trinajstić information content (AvgIpc) is 3.33. The first-order chi connectivity index (χ1) is 15.5. The molecule has 2 aromatic carbocycles. The maximum atomic E-state index is 13.4. The fraction of sp³-hybridized carbons (Fsp3) is 0.250. The molecule has 8 heteroatoms. The minimum atomic E-state index is -0.525. The molecule has 6 nitrogen and oxygen atoms in total. The molecule has 3 heterocycles. The summed E-state index contributed by atoms with van der Waals surface area (Å²) in [5, 5.41) is 0.254. The second-order valence-electron chi connectivity index (χ2n) is 8.38. The summed E-state index contributed by atoms with van der Waals surface area (Å²) in [5.41, 5.74) is 2.99. The van der Waals surface area contributed by atoms with Crippen LogP contribution in [-0.4, -0.2) is 25.9 Å². The highest BCUT2D eigenvalue weighted by Crippen LogP contribution is 2.49. The first kappa shape index (κ1) is 19.4. The van der Waals surface area contributed by atoms with E-state index in [1.165, 1.54) is 12.1 Å². The molecule has 0 saturated heterocycles. The van der Waals surface area contributed by atoms with E-state index in [-0.39, 0.29) is 16.9 Å². The molecule has 0 unspecified atom stereocenters. The Kier molecular flexibility index (Phi) is 4.30. The fourth-order valence-electron chi connectivity index (χ4n) is 4.89. The van der Waals surface area contributed by atoms with Gasteiger partial charge in [0, 0.05) is 17.0 Å². The molecule has 1 saturated carbocycles. The van der Waals surface area contributed by atoms with E-state index in [2.05, 4.69) is 15.0 Å².